The Morgan fingerprint density at radius 3 is 2.05 bits per heavy atom. The monoisotopic (exact) mass is 409 g/mol. The maximum atomic E-state index is 2.71. The maximum absolute atomic E-state index is 2.71. The van der Waals surface area contributed by atoms with E-state index in [0.717, 1.165) is 6.54 Å². The molecule has 7 heteroatoms. The van der Waals surface area contributed by atoms with Crippen LogP contribution >= 0.6 is 0 Å². The minimum atomic E-state index is -1.22. The molecular weight excluding hydrogens is 395 g/mol. The van der Waals surface area contributed by atoms with Gasteiger partial charge in [0.05, 0.1) is 0 Å². The second-order valence-corrected chi connectivity index (χ2v) is 11.6. The SMILES string of the molecule is C[Si](C)(C)N1CC=[C]([Zr+3])B1c1ccccc1.[Cl-].[Cl-].[Cl-]. The first-order chi connectivity index (χ1) is 7.50. The molecule has 1 aliphatic heterocycles. The third kappa shape index (κ3) is 5.34. The minimum Gasteiger partial charge on any atom is -1.00 e. The predicted molar refractivity (Wildman–Crippen MR) is 70.0 cm³/mol. The van der Waals surface area contributed by atoms with Crippen molar-refractivity contribution in [1.29, 1.82) is 0 Å². The zero-order valence-electron chi connectivity index (χ0n) is 11.3. The van der Waals surface area contributed by atoms with Gasteiger partial charge in [-0.05, 0) is 0 Å². The van der Waals surface area contributed by atoms with Crippen molar-refractivity contribution in [3.8, 4) is 0 Å². The van der Waals surface area contributed by atoms with E-state index in [9.17, 15) is 0 Å². The van der Waals surface area contributed by atoms with Gasteiger partial charge in [-0.25, -0.2) is 0 Å². The molecule has 0 saturated carbocycles. The molecule has 1 aromatic rings. The van der Waals surface area contributed by atoms with Gasteiger partial charge in [0.15, 0.2) is 0 Å². The van der Waals surface area contributed by atoms with Crippen molar-refractivity contribution in [3.63, 3.8) is 0 Å². The zero-order valence-corrected chi connectivity index (χ0v) is 17.1. The normalized spacial score (nSPS) is 15.0. The molecule has 0 N–H and O–H groups in total. The topological polar surface area (TPSA) is 3.24 Å². The van der Waals surface area contributed by atoms with Crippen molar-refractivity contribution < 1.29 is 61.9 Å². The Kier molecular flexibility index (Phi) is 10.6. The van der Waals surface area contributed by atoms with Crippen LogP contribution in [0.4, 0.5) is 0 Å². The number of benzene rings is 1. The molecule has 102 valence electrons. The Morgan fingerprint density at radius 1 is 1.05 bits per heavy atom. The van der Waals surface area contributed by atoms with Crippen molar-refractivity contribution in [2.45, 2.75) is 19.6 Å². The summed E-state index contributed by atoms with van der Waals surface area (Å²) in [6.45, 7) is 9.02. The molecule has 0 aliphatic carbocycles. The maximum Gasteiger partial charge on any atom is -1.00 e. The minimum absolute atomic E-state index is 0. The van der Waals surface area contributed by atoms with Gasteiger partial charge in [-0.3, -0.25) is 0 Å². The Hall–Kier alpha value is 0.955. The first kappa shape index (κ1) is 22.2. The average Bonchev–Trinajstić information content (AvgIpc) is 2.61. The van der Waals surface area contributed by atoms with E-state index in [1.54, 1.807) is 27.9 Å². The molecule has 1 heterocycles. The molecular formula is C12H17BCl3NSiZr. The second kappa shape index (κ2) is 9.07. The van der Waals surface area contributed by atoms with Crippen LogP contribution in [-0.4, -0.2) is 26.1 Å². The van der Waals surface area contributed by atoms with Gasteiger partial charge in [-0.2, -0.15) is 0 Å². The van der Waals surface area contributed by atoms with E-state index in [1.165, 1.54) is 5.46 Å². The van der Waals surface area contributed by atoms with Crippen LogP contribution in [0.3, 0.4) is 0 Å². The van der Waals surface area contributed by atoms with Crippen LogP contribution in [0.1, 0.15) is 0 Å². The number of rotatable bonds is 2. The van der Waals surface area contributed by atoms with Gasteiger partial charge >= 0.3 is 116 Å². The zero-order chi connectivity index (χ0) is 11.8. The van der Waals surface area contributed by atoms with Crippen molar-refractivity contribution in [3.05, 3.63) is 39.6 Å². The molecule has 1 aromatic carbocycles. The molecule has 0 saturated heterocycles. The molecule has 0 aromatic heterocycles. The fraction of sp³-hybridized carbons (Fsp3) is 0.333. The molecule has 0 radical (unpaired) electrons. The Bertz CT molecular complexity index is 411. The van der Waals surface area contributed by atoms with Gasteiger partial charge in [0, 0.05) is 0 Å². The van der Waals surface area contributed by atoms with E-state index >= 15 is 0 Å². The van der Waals surface area contributed by atoms with Crippen LogP contribution in [-0.2, 0) is 24.7 Å². The van der Waals surface area contributed by atoms with Crippen molar-refractivity contribution in [2.75, 3.05) is 6.54 Å². The summed E-state index contributed by atoms with van der Waals surface area (Å²) in [6, 6.07) is 10.9. The molecule has 0 bridgehead atoms. The molecule has 0 amide bonds. The Balaban J connectivity index is 0. The van der Waals surface area contributed by atoms with Gasteiger partial charge in [0.25, 0.3) is 0 Å². The molecule has 19 heavy (non-hydrogen) atoms. The summed E-state index contributed by atoms with van der Waals surface area (Å²) >= 11 is 1.56. The van der Waals surface area contributed by atoms with Crippen LogP contribution in [0.15, 0.2) is 39.6 Å². The van der Waals surface area contributed by atoms with Gasteiger partial charge in [0.2, 0.25) is 0 Å². The van der Waals surface area contributed by atoms with E-state index in [1.807, 2.05) is 0 Å². The number of nitrogens with zero attached hydrogens (tertiary/aromatic N) is 1. The summed E-state index contributed by atoms with van der Waals surface area (Å²) in [4.78, 5) is 0. The fourth-order valence-corrected chi connectivity index (χ4v) is 5.27. The third-order valence-corrected chi connectivity index (χ3v) is 6.43. The Morgan fingerprint density at radius 2 is 1.58 bits per heavy atom. The summed E-state index contributed by atoms with van der Waals surface area (Å²) in [5.41, 5.74) is 1.46. The molecule has 1 nitrogen and oxygen atoms in total. The third-order valence-electron chi connectivity index (χ3n) is 3.09. The van der Waals surface area contributed by atoms with Crippen LogP contribution in [0, 0.1) is 0 Å². The van der Waals surface area contributed by atoms with E-state index in [2.05, 4.69) is 60.5 Å². The first-order valence-corrected chi connectivity index (χ1v) is 10.4. The average molecular weight is 412 g/mol. The van der Waals surface area contributed by atoms with Crippen molar-refractivity contribution in [2.24, 2.45) is 0 Å². The van der Waals surface area contributed by atoms with Crippen LogP contribution in [0.25, 0.3) is 0 Å². The molecule has 0 fully saturated rings. The van der Waals surface area contributed by atoms with Gasteiger partial charge < -0.3 is 37.2 Å². The van der Waals surface area contributed by atoms with Gasteiger partial charge in [0.1, 0.15) is 0 Å². The number of halogens is 3. The van der Waals surface area contributed by atoms with Crippen LogP contribution < -0.4 is 42.7 Å². The quantitative estimate of drug-likeness (QED) is 0.437. The number of hydrogen-bond acceptors (Lipinski definition) is 1. The first-order valence-electron chi connectivity index (χ1n) is 5.73. The second-order valence-electron chi connectivity index (χ2n) is 5.30. The molecule has 0 unspecified atom stereocenters. The van der Waals surface area contributed by atoms with Crippen molar-refractivity contribution >= 4 is 20.5 Å². The molecule has 0 spiro atoms. The van der Waals surface area contributed by atoms with E-state index in [0.29, 0.717) is 6.85 Å². The van der Waals surface area contributed by atoms with Crippen LogP contribution in [0.2, 0.25) is 19.6 Å². The molecule has 0 atom stereocenters. The summed E-state index contributed by atoms with van der Waals surface area (Å²) in [6.07, 6.45) is 2.42. The van der Waals surface area contributed by atoms with E-state index < -0.39 is 8.24 Å². The summed E-state index contributed by atoms with van der Waals surface area (Å²) in [7, 11) is -1.22. The molecule has 1 aliphatic rings. The standard InChI is InChI=1S/C12H17BNSi.3ClH.Zr/c1-15(2,3)14-11-7-10-13(14)12-8-5-4-6-9-12;;;;/h4-9H,11H2,1-3H3;3*1H;/q;;;;+3/p-3. The van der Waals surface area contributed by atoms with Crippen LogP contribution in [0.5, 0.6) is 0 Å². The summed E-state index contributed by atoms with van der Waals surface area (Å²) < 4.78 is 4.31. The number of hydrogen-bond donors (Lipinski definition) is 0. The van der Waals surface area contributed by atoms with Gasteiger partial charge in [-0.1, -0.05) is 0 Å². The summed E-state index contributed by atoms with van der Waals surface area (Å²) in [5, 5.41) is 0. The summed E-state index contributed by atoms with van der Waals surface area (Å²) in [5.74, 6) is 0. The smallest absolute Gasteiger partial charge is 1.00 e. The predicted octanol–water partition coefficient (Wildman–Crippen LogP) is -6.98. The van der Waals surface area contributed by atoms with E-state index in [-0.39, 0.29) is 37.2 Å². The van der Waals surface area contributed by atoms with Crippen molar-refractivity contribution in [1.82, 2.24) is 4.48 Å². The van der Waals surface area contributed by atoms with Gasteiger partial charge in [-0.15, -0.1) is 0 Å². The largest absolute Gasteiger partial charge is 1.00 e. The fourth-order valence-electron chi connectivity index (χ4n) is 2.24. The Labute approximate surface area is 151 Å². The van der Waals surface area contributed by atoms with E-state index in [4.69, 9.17) is 0 Å². The molecule has 2 rings (SSSR count).